The fourth-order valence-electron chi connectivity index (χ4n) is 0.569. The van der Waals surface area contributed by atoms with Crippen molar-refractivity contribution in [1.29, 1.82) is 0 Å². The summed E-state index contributed by atoms with van der Waals surface area (Å²) in [5, 5.41) is 1.79. The van der Waals surface area contributed by atoms with Crippen molar-refractivity contribution in [1.82, 2.24) is 5.32 Å². The lowest BCUT2D eigenvalue weighted by Gasteiger charge is -2.07. The van der Waals surface area contributed by atoms with Crippen LogP contribution < -0.4 is 11.1 Å². The van der Waals surface area contributed by atoms with Crippen molar-refractivity contribution >= 4 is 21.9 Å². The predicted octanol–water partition coefficient (Wildman–Crippen LogP) is -2.14. The molecule has 0 radical (unpaired) electrons. The highest BCUT2D eigenvalue weighted by Gasteiger charge is 2.20. The van der Waals surface area contributed by atoms with Crippen molar-refractivity contribution in [2.45, 2.75) is 13.0 Å². The molecule has 0 bridgehead atoms. The average Bonchev–Trinajstić information content (AvgIpc) is 1.81. The highest BCUT2D eigenvalue weighted by molar-refractivity contribution is 7.85. The van der Waals surface area contributed by atoms with Gasteiger partial charge in [-0.15, -0.1) is 0 Å². The number of hydrogen-bond acceptors (Lipinski definition) is 5. The van der Waals surface area contributed by atoms with Crippen molar-refractivity contribution in [3.63, 3.8) is 0 Å². The Morgan fingerprint density at radius 3 is 2.31 bits per heavy atom. The van der Waals surface area contributed by atoms with Crippen LogP contribution in [0.4, 0.5) is 0 Å². The summed E-state index contributed by atoms with van der Waals surface area (Å²) in [6.07, 6.45) is 0. The van der Waals surface area contributed by atoms with Crippen molar-refractivity contribution < 1.29 is 22.6 Å². The molecular formula is C5H10N2O5S. The first kappa shape index (κ1) is 12.0. The lowest BCUT2D eigenvalue weighted by molar-refractivity contribution is -0.129. The zero-order chi connectivity index (χ0) is 10.6. The Morgan fingerprint density at radius 1 is 1.54 bits per heavy atom. The molecule has 0 spiro atoms. The van der Waals surface area contributed by atoms with Gasteiger partial charge in [-0.3, -0.25) is 19.5 Å². The number of carbonyl (C=O) groups excluding carboxylic acids is 2. The van der Waals surface area contributed by atoms with E-state index in [9.17, 15) is 18.0 Å². The Balaban J connectivity index is 4.20. The van der Waals surface area contributed by atoms with Gasteiger partial charge in [0.05, 0.1) is 5.75 Å². The molecule has 0 fully saturated rings. The topological polar surface area (TPSA) is 127 Å². The Labute approximate surface area is 75.0 Å². The fraction of sp³-hybridized carbons (Fsp3) is 0.600. The summed E-state index contributed by atoms with van der Waals surface area (Å²) >= 11 is 0. The maximum Gasteiger partial charge on any atom is 0.266 e. The lowest BCUT2D eigenvalue weighted by atomic mass is 10.3. The predicted molar refractivity (Wildman–Crippen MR) is 43.2 cm³/mol. The third-order valence-electron chi connectivity index (χ3n) is 1.03. The van der Waals surface area contributed by atoms with E-state index in [1.165, 1.54) is 0 Å². The van der Waals surface area contributed by atoms with Gasteiger partial charge in [0, 0.05) is 6.92 Å². The fourth-order valence-corrected chi connectivity index (χ4v) is 1.17. The number of imide groups is 1. The average molecular weight is 210 g/mol. The Bertz CT molecular complexity index is 309. The van der Waals surface area contributed by atoms with Crippen molar-refractivity contribution in [2.24, 2.45) is 5.73 Å². The van der Waals surface area contributed by atoms with E-state index in [1.54, 1.807) is 5.32 Å². The molecule has 0 aromatic heterocycles. The van der Waals surface area contributed by atoms with E-state index in [0.29, 0.717) is 0 Å². The molecule has 0 saturated heterocycles. The van der Waals surface area contributed by atoms with Gasteiger partial charge in [0.2, 0.25) is 11.8 Å². The molecule has 8 heteroatoms. The third-order valence-corrected chi connectivity index (χ3v) is 1.81. The van der Waals surface area contributed by atoms with Gasteiger partial charge < -0.3 is 5.73 Å². The van der Waals surface area contributed by atoms with Crippen LogP contribution in [-0.4, -0.2) is 36.6 Å². The Kier molecular flexibility index (Phi) is 3.98. The van der Waals surface area contributed by atoms with E-state index in [-0.39, 0.29) is 0 Å². The van der Waals surface area contributed by atoms with Gasteiger partial charge in [0.25, 0.3) is 10.1 Å². The zero-order valence-corrected chi connectivity index (χ0v) is 7.67. The monoisotopic (exact) mass is 210 g/mol. The molecule has 76 valence electrons. The highest BCUT2D eigenvalue weighted by atomic mass is 32.2. The summed E-state index contributed by atoms with van der Waals surface area (Å²) in [5.74, 6) is -2.49. The van der Waals surface area contributed by atoms with Gasteiger partial charge in [-0.2, -0.15) is 8.42 Å². The molecule has 0 aliphatic heterocycles. The first-order valence-corrected chi connectivity index (χ1v) is 4.85. The summed E-state index contributed by atoms with van der Waals surface area (Å²) < 4.78 is 28.8. The first-order chi connectivity index (χ1) is 5.72. The Hall–Kier alpha value is -0.990. The van der Waals surface area contributed by atoms with Crippen LogP contribution in [-0.2, 0) is 19.7 Å². The molecular weight excluding hydrogens is 200 g/mol. The Morgan fingerprint density at radius 2 is 2.00 bits per heavy atom. The van der Waals surface area contributed by atoms with Gasteiger partial charge in [0.1, 0.15) is 6.04 Å². The van der Waals surface area contributed by atoms with Gasteiger partial charge in [-0.05, 0) is 0 Å². The number of carbonyl (C=O) groups is 2. The maximum absolute atomic E-state index is 10.8. The van der Waals surface area contributed by atoms with E-state index in [4.69, 9.17) is 10.3 Å². The van der Waals surface area contributed by atoms with Gasteiger partial charge in [0.15, 0.2) is 0 Å². The maximum atomic E-state index is 10.8. The second-order valence-electron chi connectivity index (χ2n) is 2.40. The minimum Gasteiger partial charge on any atom is -0.319 e. The largest absolute Gasteiger partial charge is 0.319 e. The van der Waals surface area contributed by atoms with Crippen LogP contribution in [0.25, 0.3) is 0 Å². The number of nitrogens with one attached hydrogen (secondary N) is 1. The van der Waals surface area contributed by atoms with Crippen LogP contribution in [0.1, 0.15) is 6.92 Å². The quantitative estimate of drug-likeness (QED) is 0.456. The van der Waals surface area contributed by atoms with E-state index >= 15 is 0 Å². The number of amides is 2. The number of nitrogens with two attached hydrogens (primary N) is 1. The van der Waals surface area contributed by atoms with Crippen LogP contribution >= 0.6 is 0 Å². The van der Waals surface area contributed by atoms with Crippen LogP contribution in [0.5, 0.6) is 0 Å². The molecule has 0 unspecified atom stereocenters. The minimum absolute atomic E-state index is 0.643. The van der Waals surface area contributed by atoms with Crippen molar-refractivity contribution in [3.05, 3.63) is 0 Å². The molecule has 0 aromatic carbocycles. The van der Waals surface area contributed by atoms with Crippen LogP contribution in [0.15, 0.2) is 0 Å². The van der Waals surface area contributed by atoms with Gasteiger partial charge >= 0.3 is 0 Å². The molecule has 0 heterocycles. The summed E-state index contributed by atoms with van der Waals surface area (Å²) in [4.78, 5) is 21.1. The summed E-state index contributed by atoms with van der Waals surface area (Å²) in [6.45, 7) is 1.08. The van der Waals surface area contributed by atoms with Crippen LogP contribution in [0, 0.1) is 0 Å². The minimum atomic E-state index is -4.30. The second-order valence-corrected chi connectivity index (χ2v) is 3.90. The summed E-state index contributed by atoms with van der Waals surface area (Å²) in [5.41, 5.74) is 5.05. The first-order valence-electron chi connectivity index (χ1n) is 3.24. The third kappa shape index (κ3) is 6.20. The SMILES string of the molecule is CC(=O)NC(=O)[C@@H](N)CS(=O)(=O)O. The molecule has 1 atom stereocenters. The lowest BCUT2D eigenvalue weighted by Crippen LogP contribution is -2.46. The zero-order valence-electron chi connectivity index (χ0n) is 6.85. The number of hydrogen-bond donors (Lipinski definition) is 3. The van der Waals surface area contributed by atoms with E-state index < -0.39 is 33.7 Å². The van der Waals surface area contributed by atoms with E-state index in [1.807, 2.05) is 0 Å². The summed E-state index contributed by atoms with van der Waals surface area (Å²) in [6, 6.07) is -1.45. The second kappa shape index (κ2) is 4.30. The van der Waals surface area contributed by atoms with Crippen molar-refractivity contribution in [2.75, 3.05) is 5.75 Å². The number of rotatable bonds is 3. The molecule has 0 rings (SSSR count). The molecule has 4 N–H and O–H groups in total. The van der Waals surface area contributed by atoms with Crippen LogP contribution in [0.2, 0.25) is 0 Å². The van der Waals surface area contributed by atoms with E-state index in [0.717, 1.165) is 6.92 Å². The smallest absolute Gasteiger partial charge is 0.266 e. The van der Waals surface area contributed by atoms with Gasteiger partial charge in [-0.25, -0.2) is 0 Å². The molecule has 0 aliphatic rings. The molecule has 13 heavy (non-hydrogen) atoms. The molecule has 0 aliphatic carbocycles. The molecule has 0 aromatic rings. The normalized spacial score (nSPS) is 13.5. The standard InChI is InChI=1S/C5H10N2O5S/c1-3(8)7-5(9)4(6)2-13(10,11)12/h4H,2,6H2,1H3,(H,7,8,9)(H,10,11,12)/t4-/m0/s1. The van der Waals surface area contributed by atoms with Crippen LogP contribution in [0.3, 0.4) is 0 Å². The van der Waals surface area contributed by atoms with Crippen molar-refractivity contribution in [3.8, 4) is 0 Å². The summed E-state index contributed by atoms with van der Waals surface area (Å²) in [7, 11) is -4.30. The van der Waals surface area contributed by atoms with E-state index in [2.05, 4.69) is 0 Å². The molecule has 0 saturated carbocycles. The highest BCUT2D eigenvalue weighted by Crippen LogP contribution is 1.87. The molecule has 7 nitrogen and oxygen atoms in total. The molecule has 2 amide bonds. The van der Waals surface area contributed by atoms with Gasteiger partial charge in [-0.1, -0.05) is 0 Å².